The molecule has 114 valence electrons. The molecule has 1 aromatic carbocycles. The Labute approximate surface area is 127 Å². The maximum Gasteiger partial charge on any atom is 0.0492 e. The molecule has 2 aromatic rings. The van der Waals surface area contributed by atoms with E-state index in [0.717, 1.165) is 12.8 Å². The van der Waals surface area contributed by atoms with Crippen LogP contribution in [-0.2, 0) is 18.9 Å². The molecule has 21 heavy (non-hydrogen) atoms. The maximum atomic E-state index is 5.82. The summed E-state index contributed by atoms with van der Waals surface area (Å²) in [5.41, 5.74) is 6.95. The summed E-state index contributed by atoms with van der Waals surface area (Å²) in [6, 6.07) is 10.8. The van der Waals surface area contributed by atoms with Gasteiger partial charge in [0.1, 0.15) is 0 Å². The van der Waals surface area contributed by atoms with E-state index < -0.39 is 0 Å². The van der Waals surface area contributed by atoms with Crippen LogP contribution in [0.5, 0.6) is 0 Å². The highest BCUT2D eigenvalue weighted by atomic mass is 15.3. The lowest BCUT2D eigenvalue weighted by molar-refractivity contribution is 0.487. The monoisotopic (exact) mass is 286 g/mol. The highest BCUT2D eigenvalue weighted by Crippen LogP contribution is 2.31. The van der Waals surface area contributed by atoms with Gasteiger partial charge in [0, 0.05) is 25.0 Å². The Bertz CT molecular complexity index is 580. The molecule has 1 atom stereocenters. The van der Waals surface area contributed by atoms with Crippen molar-refractivity contribution in [3.63, 3.8) is 0 Å². The number of hydrogen-bond acceptors (Lipinski definition) is 3. The molecule has 1 unspecified atom stereocenters. The number of nitrogens with zero attached hydrogens (tertiary/aromatic N) is 2. The van der Waals surface area contributed by atoms with E-state index in [1.807, 2.05) is 17.9 Å². The predicted octanol–water partition coefficient (Wildman–Crippen LogP) is 2.85. The Kier molecular flexibility index (Phi) is 4.80. The Hall–Kier alpha value is -1.65. The number of aryl methyl sites for hydroxylation is 2. The minimum Gasteiger partial charge on any atom is -0.273 e. The molecule has 0 bridgehead atoms. The molecule has 3 N–H and O–H groups in total. The van der Waals surface area contributed by atoms with Crippen LogP contribution in [0.25, 0.3) is 0 Å². The molecule has 4 heteroatoms. The molecule has 2 rings (SSSR count). The molecule has 4 nitrogen and oxygen atoms in total. The number of aromatic nitrogens is 2. The van der Waals surface area contributed by atoms with Crippen molar-refractivity contribution >= 4 is 0 Å². The van der Waals surface area contributed by atoms with Crippen LogP contribution >= 0.6 is 0 Å². The molecule has 0 spiro atoms. The van der Waals surface area contributed by atoms with Gasteiger partial charge >= 0.3 is 0 Å². The highest BCUT2D eigenvalue weighted by molar-refractivity contribution is 5.35. The van der Waals surface area contributed by atoms with E-state index in [4.69, 9.17) is 5.84 Å². The zero-order valence-electron chi connectivity index (χ0n) is 13.4. The topological polar surface area (TPSA) is 55.9 Å². The third-order valence-corrected chi connectivity index (χ3v) is 3.96. The van der Waals surface area contributed by atoms with E-state index in [0.29, 0.717) is 0 Å². The minimum absolute atomic E-state index is 0.109. The Balaban J connectivity index is 2.20. The van der Waals surface area contributed by atoms with Gasteiger partial charge in [-0.2, -0.15) is 5.10 Å². The van der Waals surface area contributed by atoms with E-state index in [1.165, 1.54) is 16.8 Å². The SMILES string of the molecule is Cn1nccc1CCC(NN)c1ccccc1C(C)(C)C. The molecular formula is C17H26N4. The molecule has 0 saturated heterocycles. The van der Waals surface area contributed by atoms with Crippen LogP contribution in [0.4, 0.5) is 0 Å². The summed E-state index contributed by atoms with van der Waals surface area (Å²) in [6.45, 7) is 6.71. The molecule has 0 aliphatic rings. The Morgan fingerprint density at radius 3 is 2.52 bits per heavy atom. The number of nitrogens with two attached hydrogens (primary N) is 1. The van der Waals surface area contributed by atoms with E-state index >= 15 is 0 Å². The van der Waals surface area contributed by atoms with Crippen molar-refractivity contribution in [1.29, 1.82) is 0 Å². The van der Waals surface area contributed by atoms with Gasteiger partial charge in [0.15, 0.2) is 0 Å². The lowest BCUT2D eigenvalue weighted by Gasteiger charge is -2.27. The van der Waals surface area contributed by atoms with Crippen molar-refractivity contribution in [1.82, 2.24) is 15.2 Å². The van der Waals surface area contributed by atoms with Crippen LogP contribution in [0.1, 0.15) is 50.1 Å². The van der Waals surface area contributed by atoms with Crippen molar-refractivity contribution in [2.75, 3.05) is 0 Å². The molecule has 1 heterocycles. The van der Waals surface area contributed by atoms with Crippen molar-refractivity contribution in [3.8, 4) is 0 Å². The first kappa shape index (κ1) is 15.7. The molecule has 0 saturated carbocycles. The van der Waals surface area contributed by atoms with Crippen molar-refractivity contribution in [2.45, 2.75) is 45.1 Å². The van der Waals surface area contributed by atoms with Crippen LogP contribution in [0.2, 0.25) is 0 Å². The minimum atomic E-state index is 0.109. The number of nitrogens with one attached hydrogen (secondary N) is 1. The van der Waals surface area contributed by atoms with Gasteiger partial charge < -0.3 is 0 Å². The quantitative estimate of drug-likeness (QED) is 0.656. The van der Waals surface area contributed by atoms with Gasteiger partial charge in [-0.3, -0.25) is 16.0 Å². The third kappa shape index (κ3) is 3.71. The zero-order valence-corrected chi connectivity index (χ0v) is 13.4. The number of benzene rings is 1. The summed E-state index contributed by atoms with van der Waals surface area (Å²) >= 11 is 0. The van der Waals surface area contributed by atoms with E-state index in [-0.39, 0.29) is 11.5 Å². The lowest BCUT2D eigenvalue weighted by Crippen LogP contribution is -2.30. The van der Waals surface area contributed by atoms with Gasteiger partial charge in [-0.1, -0.05) is 45.0 Å². The maximum absolute atomic E-state index is 5.82. The average Bonchev–Trinajstić information content (AvgIpc) is 2.84. The largest absolute Gasteiger partial charge is 0.273 e. The standard InChI is InChI=1S/C17H26N4/c1-17(2,3)15-8-6-5-7-14(15)16(20-18)10-9-13-11-12-19-21(13)4/h5-8,11-12,16,20H,9-10,18H2,1-4H3. The van der Waals surface area contributed by atoms with Gasteiger partial charge in [-0.25, -0.2) is 0 Å². The van der Waals surface area contributed by atoms with Crippen molar-refractivity contribution in [2.24, 2.45) is 12.9 Å². The third-order valence-electron chi connectivity index (χ3n) is 3.96. The van der Waals surface area contributed by atoms with Crippen LogP contribution in [-0.4, -0.2) is 9.78 Å². The van der Waals surface area contributed by atoms with E-state index in [2.05, 4.69) is 61.6 Å². The zero-order chi connectivity index (χ0) is 15.5. The summed E-state index contributed by atoms with van der Waals surface area (Å²) in [5, 5.41) is 4.21. The molecule has 0 amide bonds. The van der Waals surface area contributed by atoms with Gasteiger partial charge in [0.05, 0.1) is 0 Å². The second-order valence-corrected chi connectivity index (χ2v) is 6.54. The molecule has 0 radical (unpaired) electrons. The molecule has 0 aliphatic heterocycles. The van der Waals surface area contributed by atoms with Crippen molar-refractivity contribution < 1.29 is 0 Å². The second kappa shape index (κ2) is 6.41. The smallest absolute Gasteiger partial charge is 0.0492 e. The van der Waals surface area contributed by atoms with E-state index in [1.54, 1.807) is 0 Å². The summed E-state index contributed by atoms with van der Waals surface area (Å²) < 4.78 is 1.92. The number of hydrazine groups is 1. The average molecular weight is 286 g/mol. The van der Waals surface area contributed by atoms with Crippen LogP contribution in [0.3, 0.4) is 0 Å². The summed E-state index contributed by atoms with van der Waals surface area (Å²) in [7, 11) is 1.98. The summed E-state index contributed by atoms with van der Waals surface area (Å²) in [4.78, 5) is 0. The first-order valence-corrected chi connectivity index (χ1v) is 7.46. The number of hydrogen-bond donors (Lipinski definition) is 2. The van der Waals surface area contributed by atoms with Gasteiger partial charge in [0.2, 0.25) is 0 Å². The first-order chi connectivity index (χ1) is 9.93. The fourth-order valence-electron chi connectivity index (χ4n) is 2.75. The van der Waals surface area contributed by atoms with Gasteiger partial charge in [-0.05, 0) is 35.4 Å². The fourth-order valence-corrected chi connectivity index (χ4v) is 2.75. The van der Waals surface area contributed by atoms with Crippen LogP contribution in [0, 0.1) is 0 Å². The van der Waals surface area contributed by atoms with Gasteiger partial charge in [0.25, 0.3) is 0 Å². The van der Waals surface area contributed by atoms with E-state index in [9.17, 15) is 0 Å². The van der Waals surface area contributed by atoms with Crippen molar-refractivity contribution in [3.05, 3.63) is 53.3 Å². The second-order valence-electron chi connectivity index (χ2n) is 6.54. The Morgan fingerprint density at radius 1 is 1.24 bits per heavy atom. The normalized spacial score (nSPS) is 13.4. The molecule has 1 aromatic heterocycles. The fraction of sp³-hybridized carbons (Fsp3) is 0.471. The van der Waals surface area contributed by atoms with Gasteiger partial charge in [-0.15, -0.1) is 0 Å². The molecule has 0 fully saturated rings. The van der Waals surface area contributed by atoms with Crippen LogP contribution in [0.15, 0.2) is 36.5 Å². The number of rotatable bonds is 5. The Morgan fingerprint density at radius 2 is 1.95 bits per heavy atom. The first-order valence-electron chi connectivity index (χ1n) is 7.46. The summed E-state index contributed by atoms with van der Waals surface area (Å²) in [6.07, 6.45) is 3.73. The molecule has 0 aliphatic carbocycles. The highest BCUT2D eigenvalue weighted by Gasteiger charge is 2.22. The van der Waals surface area contributed by atoms with Crippen LogP contribution < -0.4 is 11.3 Å². The lowest BCUT2D eigenvalue weighted by atomic mass is 9.81. The molecular weight excluding hydrogens is 260 g/mol. The predicted molar refractivity (Wildman–Crippen MR) is 86.7 cm³/mol. The summed E-state index contributed by atoms with van der Waals surface area (Å²) in [5.74, 6) is 5.82.